The van der Waals surface area contributed by atoms with E-state index in [4.69, 9.17) is 5.11 Å². The zero-order valence-electron chi connectivity index (χ0n) is 5.37. The third-order valence-electron chi connectivity index (χ3n) is 1.09. The van der Waals surface area contributed by atoms with Crippen LogP contribution in [0.15, 0.2) is 11.0 Å². The summed E-state index contributed by atoms with van der Waals surface area (Å²) in [6.45, 7) is -0.553. The van der Waals surface area contributed by atoms with E-state index in [0.29, 0.717) is 4.68 Å². The molecule has 2 N–H and O–H groups in total. The summed E-state index contributed by atoms with van der Waals surface area (Å²) in [7, 11) is 0. The molecule has 0 atom stereocenters. The van der Waals surface area contributed by atoms with Crippen molar-refractivity contribution >= 4 is 5.97 Å². The van der Waals surface area contributed by atoms with Crippen molar-refractivity contribution < 1.29 is 14.3 Å². The second kappa shape index (κ2) is 2.57. The van der Waals surface area contributed by atoms with Crippen molar-refractivity contribution in [3.8, 4) is 0 Å². The second-order valence-corrected chi connectivity index (χ2v) is 1.91. The Morgan fingerprint density at radius 3 is 2.82 bits per heavy atom. The lowest BCUT2D eigenvalue weighted by atomic mass is 10.6. The SMILES string of the molecule is O=C(O)Cn1[nH]cc(F)c1=O. The topological polar surface area (TPSA) is 75.1 Å². The minimum absolute atomic E-state index is 0.553. The van der Waals surface area contributed by atoms with E-state index in [2.05, 4.69) is 5.10 Å². The largest absolute Gasteiger partial charge is 0.480 e. The van der Waals surface area contributed by atoms with Crippen LogP contribution in [0.4, 0.5) is 4.39 Å². The van der Waals surface area contributed by atoms with Gasteiger partial charge in [0.1, 0.15) is 6.54 Å². The molecule has 6 heteroatoms. The lowest BCUT2D eigenvalue weighted by molar-refractivity contribution is -0.137. The fourth-order valence-corrected chi connectivity index (χ4v) is 0.637. The van der Waals surface area contributed by atoms with Gasteiger partial charge in [0.05, 0.1) is 6.20 Å². The van der Waals surface area contributed by atoms with Crippen LogP contribution in [0.2, 0.25) is 0 Å². The van der Waals surface area contributed by atoms with E-state index >= 15 is 0 Å². The molecule has 0 unspecified atom stereocenters. The number of aromatic nitrogens is 2. The van der Waals surface area contributed by atoms with E-state index < -0.39 is 23.9 Å². The first-order chi connectivity index (χ1) is 5.11. The molecule has 0 amide bonds. The Kier molecular flexibility index (Phi) is 1.75. The Bertz CT molecular complexity index is 327. The number of H-pyrrole nitrogens is 1. The van der Waals surface area contributed by atoms with Gasteiger partial charge in [-0.1, -0.05) is 0 Å². The van der Waals surface area contributed by atoms with Gasteiger partial charge in [-0.25, -0.2) is 4.68 Å². The molecule has 0 spiro atoms. The zero-order valence-corrected chi connectivity index (χ0v) is 5.37. The fraction of sp³-hybridized carbons (Fsp3) is 0.200. The van der Waals surface area contributed by atoms with E-state index in [1.807, 2.05) is 0 Å². The summed E-state index contributed by atoms with van der Waals surface area (Å²) in [4.78, 5) is 20.6. The Morgan fingerprint density at radius 2 is 2.45 bits per heavy atom. The number of carboxylic acids is 1. The minimum atomic E-state index is -1.20. The average molecular weight is 160 g/mol. The Balaban J connectivity index is 2.97. The van der Waals surface area contributed by atoms with Crippen LogP contribution in [0.1, 0.15) is 0 Å². The molecular weight excluding hydrogens is 155 g/mol. The molecule has 1 aromatic heterocycles. The summed E-state index contributed by atoms with van der Waals surface area (Å²) < 4.78 is 12.9. The predicted octanol–water partition coefficient (Wildman–Crippen LogP) is -0.600. The molecule has 0 radical (unpaired) electrons. The number of nitrogens with one attached hydrogen (secondary N) is 1. The molecule has 0 saturated heterocycles. The Hall–Kier alpha value is -1.59. The normalized spacial score (nSPS) is 9.91. The number of aliphatic carboxylic acids is 1. The maximum Gasteiger partial charge on any atom is 0.325 e. The van der Waals surface area contributed by atoms with Gasteiger partial charge in [-0.2, -0.15) is 4.39 Å². The van der Waals surface area contributed by atoms with Crippen molar-refractivity contribution in [3.63, 3.8) is 0 Å². The third-order valence-corrected chi connectivity index (χ3v) is 1.09. The highest BCUT2D eigenvalue weighted by Gasteiger charge is 2.06. The quantitative estimate of drug-likeness (QED) is 0.606. The number of aromatic amines is 1. The van der Waals surface area contributed by atoms with Crippen LogP contribution < -0.4 is 5.56 Å². The summed E-state index contributed by atoms with van der Waals surface area (Å²) in [6.07, 6.45) is 0.811. The van der Waals surface area contributed by atoms with Gasteiger partial charge in [0.2, 0.25) is 5.82 Å². The molecule has 0 aliphatic heterocycles. The summed E-state index contributed by atoms with van der Waals surface area (Å²) >= 11 is 0. The summed E-state index contributed by atoms with van der Waals surface area (Å²) in [5.74, 6) is -2.18. The summed E-state index contributed by atoms with van der Waals surface area (Å²) in [5, 5.41) is 10.4. The number of rotatable bonds is 2. The number of hydrogen-bond acceptors (Lipinski definition) is 2. The minimum Gasteiger partial charge on any atom is -0.480 e. The predicted molar refractivity (Wildman–Crippen MR) is 32.6 cm³/mol. The number of carbonyl (C=O) groups is 1. The molecule has 0 fully saturated rings. The van der Waals surface area contributed by atoms with E-state index in [1.165, 1.54) is 0 Å². The molecule has 5 nitrogen and oxygen atoms in total. The fourth-order valence-electron chi connectivity index (χ4n) is 0.637. The van der Waals surface area contributed by atoms with Gasteiger partial charge in [-0.15, -0.1) is 0 Å². The van der Waals surface area contributed by atoms with Crippen LogP contribution in [-0.4, -0.2) is 20.9 Å². The summed E-state index contributed by atoms with van der Waals surface area (Å²) in [5.41, 5.74) is -0.951. The van der Waals surface area contributed by atoms with Gasteiger partial charge in [0, 0.05) is 0 Å². The van der Waals surface area contributed by atoms with E-state index in [9.17, 15) is 14.0 Å². The maximum atomic E-state index is 12.2. The highest BCUT2D eigenvalue weighted by molar-refractivity contribution is 5.66. The summed E-state index contributed by atoms with van der Waals surface area (Å²) in [6, 6.07) is 0. The van der Waals surface area contributed by atoms with Gasteiger partial charge in [0.15, 0.2) is 0 Å². The molecule has 0 saturated carbocycles. The first-order valence-electron chi connectivity index (χ1n) is 2.77. The van der Waals surface area contributed by atoms with Crippen molar-refractivity contribution in [3.05, 3.63) is 22.4 Å². The highest BCUT2D eigenvalue weighted by atomic mass is 19.1. The van der Waals surface area contributed by atoms with Crippen molar-refractivity contribution in [2.75, 3.05) is 0 Å². The molecule has 11 heavy (non-hydrogen) atoms. The Labute approximate surface area is 60.1 Å². The molecule has 1 aromatic rings. The monoisotopic (exact) mass is 160 g/mol. The third kappa shape index (κ3) is 1.46. The number of carboxylic acid groups (broad SMARTS) is 1. The van der Waals surface area contributed by atoms with Gasteiger partial charge in [-0.3, -0.25) is 14.7 Å². The van der Waals surface area contributed by atoms with Crippen molar-refractivity contribution in [1.82, 2.24) is 9.78 Å². The van der Waals surface area contributed by atoms with Gasteiger partial charge in [0.25, 0.3) is 0 Å². The van der Waals surface area contributed by atoms with E-state index in [0.717, 1.165) is 6.20 Å². The zero-order chi connectivity index (χ0) is 8.43. The first kappa shape index (κ1) is 7.52. The first-order valence-corrected chi connectivity index (χ1v) is 2.77. The van der Waals surface area contributed by atoms with Crippen LogP contribution in [0.5, 0.6) is 0 Å². The van der Waals surface area contributed by atoms with Crippen molar-refractivity contribution in [1.29, 1.82) is 0 Å². The maximum absolute atomic E-state index is 12.2. The van der Waals surface area contributed by atoms with Crippen molar-refractivity contribution in [2.24, 2.45) is 0 Å². The molecular formula is C5H5FN2O3. The van der Waals surface area contributed by atoms with Crippen LogP contribution in [0, 0.1) is 5.82 Å². The number of halogens is 1. The standard InChI is InChI=1S/C5H5FN2O3/c6-3-1-7-8(5(3)11)2-4(9)10/h1,7H,2H2,(H,9,10). The van der Waals surface area contributed by atoms with Crippen LogP contribution >= 0.6 is 0 Å². The van der Waals surface area contributed by atoms with E-state index in [-0.39, 0.29) is 0 Å². The van der Waals surface area contributed by atoms with Crippen LogP contribution in [0.25, 0.3) is 0 Å². The molecule has 60 valence electrons. The molecule has 0 bridgehead atoms. The molecule has 0 aliphatic carbocycles. The van der Waals surface area contributed by atoms with Crippen LogP contribution in [-0.2, 0) is 11.3 Å². The molecule has 1 heterocycles. The average Bonchev–Trinajstić information content (AvgIpc) is 2.18. The highest BCUT2D eigenvalue weighted by Crippen LogP contribution is 1.84. The number of nitrogens with zero attached hydrogens (tertiary/aromatic N) is 1. The molecule has 1 rings (SSSR count). The van der Waals surface area contributed by atoms with Gasteiger partial charge in [-0.05, 0) is 0 Å². The second-order valence-electron chi connectivity index (χ2n) is 1.91. The molecule has 0 aromatic carbocycles. The molecule has 0 aliphatic rings. The van der Waals surface area contributed by atoms with Gasteiger partial charge >= 0.3 is 11.5 Å². The Morgan fingerprint density at radius 1 is 1.82 bits per heavy atom. The lowest BCUT2D eigenvalue weighted by Gasteiger charge is -1.92. The smallest absolute Gasteiger partial charge is 0.325 e. The number of hydrogen-bond donors (Lipinski definition) is 2. The van der Waals surface area contributed by atoms with Crippen molar-refractivity contribution in [2.45, 2.75) is 6.54 Å². The van der Waals surface area contributed by atoms with Crippen LogP contribution in [0.3, 0.4) is 0 Å². The van der Waals surface area contributed by atoms with Gasteiger partial charge < -0.3 is 5.11 Å². The lowest BCUT2D eigenvalue weighted by Crippen LogP contribution is -2.22. The van der Waals surface area contributed by atoms with E-state index in [1.54, 1.807) is 0 Å².